The van der Waals surface area contributed by atoms with Gasteiger partial charge in [0.2, 0.25) is 5.91 Å². The number of H-pyrrole nitrogens is 1. The van der Waals surface area contributed by atoms with E-state index in [-0.39, 0.29) is 43.1 Å². The van der Waals surface area contributed by atoms with Crippen LogP contribution in [0, 0.1) is 17.2 Å². The molecule has 3 heterocycles. The van der Waals surface area contributed by atoms with Crippen LogP contribution in [0.25, 0.3) is 10.9 Å². The van der Waals surface area contributed by atoms with Gasteiger partial charge in [0.05, 0.1) is 19.2 Å². The van der Waals surface area contributed by atoms with Crippen molar-refractivity contribution in [2.45, 2.75) is 32.0 Å². The van der Waals surface area contributed by atoms with E-state index in [4.69, 9.17) is 4.74 Å². The number of methoxy groups -OCH3 is 1. The topological polar surface area (TPSA) is 102 Å². The average molecular weight is 564 g/mol. The van der Waals surface area contributed by atoms with Crippen molar-refractivity contribution in [3.8, 4) is 17.6 Å². The number of piperidine rings is 1. The van der Waals surface area contributed by atoms with Crippen LogP contribution in [0.4, 0.5) is 8.78 Å². The lowest BCUT2D eigenvalue weighted by Gasteiger charge is -2.40. The van der Waals surface area contributed by atoms with E-state index in [1.165, 1.54) is 17.0 Å². The number of nitriles is 1. The largest absolute Gasteiger partial charge is 0.497 e. The zero-order valence-corrected chi connectivity index (χ0v) is 22.6. The summed E-state index contributed by atoms with van der Waals surface area (Å²) >= 11 is 0. The number of hydrogen-bond acceptors (Lipinski definition) is 6. The highest BCUT2D eigenvalue weighted by Crippen LogP contribution is 2.25. The molecular weight excluding hydrogens is 532 g/mol. The van der Waals surface area contributed by atoms with Crippen LogP contribution in [0.1, 0.15) is 28.9 Å². The van der Waals surface area contributed by atoms with Gasteiger partial charge in [0, 0.05) is 43.0 Å². The molecule has 3 aromatic rings. The first kappa shape index (κ1) is 28.0. The maximum absolute atomic E-state index is 13.5. The van der Waals surface area contributed by atoms with E-state index in [2.05, 4.69) is 20.7 Å². The van der Waals surface area contributed by atoms with Crippen LogP contribution in [0.5, 0.6) is 11.5 Å². The highest BCUT2D eigenvalue weighted by molar-refractivity contribution is 6.00. The Balaban J connectivity index is 1.37. The number of likely N-dealkylation sites (tertiary alicyclic amines) is 1. The van der Waals surface area contributed by atoms with Crippen LogP contribution < -0.4 is 9.47 Å². The van der Waals surface area contributed by atoms with Crippen molar-refractivity contribution in [2.75, 3.05) is 33.3 Å². The monoisotopic (exact) mass is 563 g/mol. The lowest BCUT2D eigenvalue weighted by Crippen LogP contribution is -2.57. The van der Waals surface area contributed by atoms with Gasteiger partial charge in [0.1, 0.15) is 23.7 Å². The highest BCUT2D eigenvalue weighted by Gasteiger charge is 2.34. The van der Waals surface area contributed by atoms with Crippen molar-refractivity contribution in [1.29, 1.82) is 5.26 Å². The maximum atomic E-state index is 13.5. The standard InChI is InChI=1S/C30H31F2N5O4/c1-40-24-5-6-26-22(14-24)15-27(34-26)29(39)36-18-23(9-12-35-10-7-20(16-33)8-11-35)37(28(38)19-36)17-21-3-2-4-25(13-21)41-30(31)32/h2-6,9,12-15,20,23,30,34H,7-8,10-11,17-19H2,1H3/b12-9+/t23-/m0/s1. The third kappa shape index (κ3) is 6.60. The predicted molar refractivity (Wildman–Crippen MR) is 147 cm³/mol. The zero-order chi connectivity index (χ0) is 28.9. The fourth-order valence-electron chi connectivity index (χ4n) is 5.29. The molecule has 41 heavy (non-hydrogen) atoms. The van der Waals surface area contributed by atoms with Crippen LogP contribution in [-0.4, -0.2) is 77.4 Å². The van der Waals surface area contributed by atoms with E-state index in [1.807, 2.05) is 24.4 Å². The molecule has 2 aliphatic rings. The molecule has 2 aliphatic heterocycles. The number of hydrogen-bond donors (Lipinski definition) is 1. The Morgan fingerprint density at radius 1 is 1.17 bits per heavy atom. The van der Waals surface area contributed by atoms with Gasteiger partial charge in [0.25, 0.3) is 5.91 Å². The fraction of sp³-hybridized carbons (Fsp3) is 0.367. The number of benzene rings is 2. The number of amides is 2. The summed E-state index contributed by atoms with van der Waals surface area (Å²) in [6.07, 6.45) is 5.36. The van der Waals surface area contributed by atoms with Crippen molar-refractivity contribution < 1.29 is 27.8 Å². The molecule has 0 aliphatic carbocycles. The molecule has 0 bridgehead atoms. The summed E-state index contributed by atoms with van der Waals surface area (Å²) in [6, 6.07) is 15.4. The number of piperazine rings is 1. The number of aromatic amines is 1. The second-order valence-electron chi connectivity index (χ2n) is 10.2. The Hall–Kier alpha value is -4.59. The number of aromatic nitrogens is 1. The maximum Gasteiger partial charge on any atom is 0.387 e. The molecule has 1 atom stereocenters. The number of alkyl halides is 2. The summed E-state index contributed by atoms with van der Waals surface area (Å²) in [5.74, 6) is 0.168. The Kier molecular flexibility index (Phi) is 8.38. The Bertz CT molecular complexity index is 1480. The summed E-state index contributed by atoms with van der Waals surface area (Å²) < 4.78 is 35.3. The number of nitrogens with zero attached hydrogens (tertiary/aromatic N) is 4. The highest BCUT2D eigenvalue weighted by atomic mass is 19.3. The zero-order valence-electron chi connectivity index (χ0n) is 22.6. The predicted octanol–water partition coefficient (Wildman–Crippen LogP) is 4.38. The molecule has 1 aromatic heterocycles. The van der Waals surface area contributed by atoms with E-state index in [9.17, 15) is 23.6 Å². The lowest BCUT2D eigenvalue weighted by atomic mass is 9.99. The van der Waals surface area contributed by atoms with Crippen molar-refractivity contribution in [2.24, 2.45) is 5.92 Å². The quantitative estimate of drug-likeness (QED) is 0.437. The summed E-state index contributed by atoms with van der Waals surface area (Å²) in [6.45, 7) is -1.20. The third-order valence-electron chi connectivity index (χ3n) is 7.51. The lowest BCUT2D eigenvalue weighted by molar-refractivity contribution is -0.138. The number of fused-ring (bicyclic) bond motifs is 1. The number of ether oxygens (including phenoxy) is 2. The van der Waals surface area contributed by atoms with Gasteiger partial charge >= 0.3 is 6.61 Å². The molecule has 0 radical (unpaired) electrons. The molecule has 2 saturated heterocycles. The molecule has 0 unspecified atom stereocenters. The molecule has 11 heteroatoms. The van der Waals surface area contributed by atoms with Crippen molar-refractivity contribution in [3.63, 3.8) is 0 Å². The van der Waals surface area contributed by atoms with Gasteiger partial charge in [-0.05, 0) is 67.1 Å². The van der Waals surface area contributed by atoms with Crippen LogP contribution in [0.2, 0.25) is 0 Å². The summed E-state index contributed by atoms with van der Waals surface area (Å²) in [4.78, 5) is 35.4. The van der Waals surface area contributed by atoms with Gasteiger partial charge in [-0.15, -0.1) is 0 Å². The van der Waals surface area contributed by atoms with Crippen LogP contribution in [0.15, 0.2) is 60.8 Å². The summed E-state index contributed by atoms with van der Waals surface area (Å²) in [7, 11) is 1.58. The number of halogens is 2. The van der Waals surface area contributed by atoms with E-state index in [0.29, 0.717) is 17.0 Å². The van der Waals surface area contributed by atoms with E-state index >= 15 is 0 Å². The van der Waals surface area contributed by atoms with Gasteiger partial charge in [-0.1, -0.05) is 12.1 Å². The smallest absolute Gasteiger partial charge is 0.387 e. The summed E-state index contributed by atoms with van der Waals surface area (Å²) in [5.41, 5.74) is 1.78. The van der Waals surface area contributed by atoms with Gasteiger partial charge in [-0.25, -0.2) is 0 Å². The molecule has 0 saturated carbocycles. The van der Waals surface area contributed by atoms with Gasteiger partial charge in [0.15, 0.2) is 0 Å². The molecule has 2 fully saturated rings. The van der Waals surface area contributed by atoms with Crippen molar-refractivity contribution in [3.05, 3.63) is 72.1 Å². The number of carbonyl (C=O) groups excluding carboxylic acids is 2. The Morgan fingerprint density at radius 3 is 2.71 bits per heavy atom. The number of nitrogens with one attached hydrogen (secondary N) is 1. The molecular formula is C30H31F2N5O4. The van der Waals surface area contributed by atoms with E-state index in [0.717, 1.165) is 36.8 Å². The molecule has 2 aromatic carbocycles. The minimum absolute atomic E-state index is 0.0154. The normalized spacial score (nSPS) is 18.4. The number of carbonyl (C=O) groups is 2. The van der Waals surface area contributed by atoms with Crippen LogP contribution in [-0.2, 0) is 11.3 Å². The minimum atomic E-state index is -2.95. The molecule has 1 N–H and O–H groups in total. The first-order valence-electron chi connectivity index (χ1n) is 13.4. The summed E-state index contributed by atoms with van der Waals surface area (Å²) in [5, 5.41) is 10.0. The first-order chi connectivity index (χ1) is 19.8. The molecule has 2 amide bonds. The van der Waals surface area contributed by atoms with Crippen molar-refractivity contribution >= 4 is 22.7 Å². The minimum Gasteiger partial charge on any atom is -0.497 e. The van der Waals surface area contributed by atoms with E-state index < -0.39 is 12.7 Å². The second kappa shape index (κ2) is 12.3. The fourth-order valence-corrected chi connectivity index (χ4v) is 5.29. The Labute approximate surface area is 236 Å². The second-order valence-corrected chi connectivity index (χ2v) is 10.2. The number of rotatable bonds is 8. The molecule has 214 valence electrons. The first-order valence-corrected chi connectivity index (χ1v) is 13.4. The third-order valence-corrected chi connectivity index (χ3v) is 7.51. The average Bonchev–Trinajstić information content (AvgIpc) is 3.40. The molecule has 5 rings (SSSR count). The molecule has 9 nitrogen and oxygen atoms in total. The van der Waals surface area contributed by atoms with Crippen LogP contribution in [0.3, 0.4) is 0 Å². The van der Waals surface area contributed by atoms with Crippen molar-refractivity contribution in [1.82, 2.24) is 19.7 Å². The van der Waals surface area contributed by atoms with E-state index in [1.54, 1.807) is 36.3 Å². The van der Waals surface area contributed by atoms with Gasteiger partial charge in [-0.3, -0.25) is 9.59 Å². The van der Waals surface area contributed by atoms with Gasteiger partial charge < -0.3 is 29.2 Å². The van der Waals surface area contributed by atoms with Crippen LogP contribution >= 0.6 is 0 Å². The SMILES string of the molecule is COc1ccc2[nH]c(C(=O)N3CC(=O)N(Cc4cccc(OC(F)F)c4)[C@@H](/C=C/N4CCC(C#N)CC4)C3)cc2c1. The van der Waals surface area contributed by atoms with Gasteiger partial charge in [-0.2, -0.15) is 14.0 Å². The Morgan fingerprint density at radius 2 is 1.98 bits per heavy atom. The molecule has 0 spiro atoms.